The smallest absolute Gasteiger partial charge is 0.262 e. The molecule has 2 aromatic carbocycles. The van der Waals surface area contributed by atoms with Crippen LogP contribution in [0.5, 0.6) is 5.75 Å². The largest absolute Gasteiger partial charge is 0.495 e. The maximum Gasteiger partial charge on any atom is 0.262 e. The maximum absolute atomic E-state index is 13.1. The topological polar surface area (TPSA) is 69.0 Å². The Balaban J connectivity index is 1.51. The number of aryl methyl sites for hydroxylation is 1. The number of methoxy groups -OCH3 is 1. The van der Waals surface area contributed by atoms with Gasteiger partial charge in [0, 0.05) is 10.9 Å². The first kappa shape index (κ1) is 22.3. The molecule has 0 unspecified atom stereocenters. The molecule has 0 fully saturated rings. The van der Waals surface area contributed by atoms with E-state index < -0.39 is 5.91 Å². The summed E-state index contributed by atoms with van der Waals surface area (Å²) in [4.78, 5) is 17.3. The fraction of sp³-hybridized carbons (Fsp3) is 0.136. The van der Waals surface area contributed by atoms with E-state index in [0.29, 0.717) is 33.8 Å². The summed E-state index contributed by atoms with van der Waals surface area (Å²) in [5, 5.41) is 10.0. The predicted octanol–water partition coefficient (Wildman–Crippen LogP) is 6.07. The number of ether oxygens (including phenoxy) is 1. The Morgan fingerprint density at radius 2 is 1.97 bits per heavy atom. The van der Waals surface area contributed by atoms with E-state index in [1.807, 2.05) is 11.4 Å². The van der Waals surface area contributed by atoms with Gasteiger partial charge in [-0.05, 0) is 42.8 Å². The van der Waals surface area contributed by atoms with Gasteiger partial charge in [0.25, 0.3) is 5.91 Å². The number of aromatic nitrogens is 3. The van der Waals surface area contributed by atoms with Gasteiger partial charge in [-0.15, -0.1) is 11.3 Å². The quantitative estimate of drug-likeness (QED) is 0.356. The number of thiazole rings is 1. The van der Waals surface area contributed by atoms with Gasteiger partial charge in [0.2, 0.25) is 0 Å². The molecule has 10 heteroatoms. The monoisotopic (exact) mass is 490 g/mol. The molecule has 4 aromatic rings. The van der Waals surface area contributed by atoms with Crippen LogP contribution in [0.3, 0.4) is 0 Å². The van der Waals surface area contributed by atoms with Gasteiger partial charge in [0.15, 0.2) is 5.13 Å². The highest BCUT2D eigenvalue weighted by Gasteiger charge is 2.21. The normalized spacial score (nSPS) is 10.9. The Labute approximate surface area is 197 Å². The zero-order valence-electron chi connectivity index (χ0n) is 17.0. The summed E-state index contributed by atoms with van der Waals surface area (Å²) in [6.45, 7) is 2.02. The Morgan fingerprint density at radius 3 is 2.66 bits per heavy atom. The summed E-state index contributed by atoms with van der Waals surface area (Å²) in [5.74, 6) is -0.162. The Kier molecular flexibility index (Phi) is 6.45. The third-order valence-corrected chi connectivity index (χ3v) is 6.15. The molecule has 0 saturated carbocycles. The molecular weight excluding hydrogens is 474 g/mol. The number of nitrogens with zero attached hydrogens (tertiary/aromatic N) is 3. The van der Waals surface area contributed by atoms with Crippen molar-refractivity contribution in [2.75, 3.05) is 12.4 Å². The number of hydrogen-bond acceptors (Lipinski definition) is 5. The fourth-order valence-electron chi connectivity index (χ4n) is 3.13. The van der Waals surface area contributed by atoms with E-state index in [4.69, 9.17) is 27.9 Å². The lowest BCUT2D eigenvalue weighted by Crippen LogP contribution is -2.13. The van der Waals surface area contributed by atoms with E-state index in [0.717, 1.165) is 11.1 Å². The van der Waals surface area contributed by atoms with Crippen LogP contribution in [-0.2, 0) is 6.54 Å². The first-order chi connectivity index (χ1) is 15.4. The molecule has 4 rings (SSSR count). The summed E-state index contributed by atoms with van der Waals surface area (Å²) in [5.41, 5.74) is 3.02. The number of hydrogen-bond donors (Lipinski definition) is 1. The highest BCUT2D eigenvalue weighted by molar-refractivity contribution is 7.14. The molecule has 32 heavy (non-hydrogen) atoms. The van der Waals surface area contributed by atoms with Crippen LogP contribution in [0.15, 0.2) is 47.8 Å². The number of carbonyl (C=O) groups excluding carboxylic acids is 1. The minimum atomic E-state index is -0.411. The van der Waals surface area contributed by atoms with Crippen LogP contribution >= 0.6 is 34.5 Å². The fourth-order valence-corrected chi connectivity index (χ4v) is 4.42. The number of halogens is 3. The first-order valence-corrected chi connectivity index (χ1v) is 11.1. The third kappa shape index (κ3) is 4.62. The van der Waals surface area contributed by atoms with Crippen LogP contribution in [0.2, 0.25) is 10.2 Å². The van der Waals surface area contributed by atoms with Gasteiger partial charge in [-0.1, -0.05) is 35.3 Å². The molecule has 0 saturated heterocycles. The van der Waals surface area contributed by atoms with Crippen LogP contribution in [0.25, 0.3) is 11.3 Å². The van der Waals surface area contributed by atoms with Crippen molar-refractivity contribution >= 4 is 45.6 Å². The van der Waals surface area contributed by atoms with E-state index in [2.05, 4.69) is 15.4 Å². The molecule has 0 aliphatic carbocycles. The van der Waals surface area contributed by atoms with Gasteiger partial charge < -0.3 is 4.74 Å². The molecule has 0 bridgehead atoms. The zero-order valence-corrected chi connectivity index (χ0v) is 19.4. The third-order valence-electron chi connectivity index (χ3n) is 4.71. The number of nitrogens with one attached hydrogen (secondary N) is 1. The van der Waals surface area contributed by atoms with E-state index >= 15 is 0 Å². The lowest BCUT2D eigenvalue weighted by molar-refractivity contribution is 0.102. The van der Waals surface area contributed by atoms with Crippen molar-refractivity contribution < 1.29 is 13.9 Å². The van der Waals surface area contributed by atoms with E-state index in [1.54, 1.807) is 38.3 Å². The van der Waals surface area contributed by atoms with E-state index in [1.165, 1.54) is 28.2 Å². The average Bonchev–Trinajstić information content (AvgIpc) is 3.33. The Morgan fingerprint density at radius 1 is 1.22 bits per heavy atom. The van der Waals surface area contributed by atoms with Gasteiger partial charge in [-0.2, -0.15) is 5.10 Å². The minimum absolute atomic E-state index is 0.197. The Bertz CT molecular complexity index is 1290. The van der Waals surface area contributed by atoms with Crippen molar-refractivity contribution in [1.82, 2.24) is 14.8 Å². The number of anilines is 1. The van der Waals surface area contributed by atoms with Crippen LogP contribution in [0, 0.1) is 12.7 Å². The molecule has 0 atom stereocenters. The lowest BCUT2D eigenvalue weighted by atomic mass is 10.2. The predicted molar refractivity (Wildman–Crippen MR) is 125 cm³/mol. The molecule has 1 amide bonds. The van der Waals surface area contributed by atoms with Crippen molar-refractivity contribution in [3.8, 4) is 17.0 Å². The average molecular weight is 491 g/mol. The van der Waals surface area contributed by atoms with E-state index in [9.17, 15) is 9.18 Å². The standard InChI is InChI=1S/C22H17Cl2FN4O2S/c1-12-19(20(24)29(28-12)10-13-3-6-15(25)7-4-13)21(30)27-22-26-17(11-32-22)14-5-8-18(31-2)16(23)9-14/h3-9,11H,10H2,1-2H3,(H,26,27,30). The maximum atomic E-state index is 13.1. The van der Waals surface area contributed by atoms with Crippen molar-refractivity contribution in [3.05, 3.63) is 80.7 Å². The van der Waals surface area contributed by atoms with Gasteiger partial charge in [-0.3, -0.25) is 10.1 Å². The van der Waals surface area contributed by atoms with Crippen LogP contribution < -0.4 is 10.1 Å². The van der Waals surface area contributed by atoms with Gasteiger partial charge in [-0.25, -0.2) is 14.1 Å². The van der Waals surface area contributed by atoms with Crippen molar-refractivity contribution in [3.63, 3.8) is 0 Å². The molecule has 2 heterocycles. The Hall–Kier alpha value is -2.94. The lowest BCUT2D eigenvalue weighted by Gasteiger charge is -2.05. The first-order valence-electron chi connectivity index (χ1n) is 9.44. The summed E-state index contributed by atoms with van der Waals surface area (Å²) < 4.78 is 19.8. The van der Waals surface area contributed by atoms with Gasteiger partial charge >= 0.3 is 0 Å². The van der Waals surface area contributed by atoms with Crippen LogP contribution in [0.1, 0.15) is 21.6 Å². The molecule has 2 aromatic heterocycles. The van der Waals surface area contributed by atoms with Crippen LogP contribution in [-0.4, -0.2) is 27.8 Å². The second kappa shape index (κ2) is 9.28. The molecule has 0 spiro atoms. The molecule has 0 aliphatic heterocycles. The van der Waals surface area contributed by atoms with Gasteiger partial charge in [0.1, 0.15) is 16.7 Å². The number of benzene rings is 2. The SMILES string of the molecule is COc1ccc(-c2csc(NC(=O)c3c(C)nn(Cc4ccc(F)cc4)c3Cl)n2)cc1Cl. The van der Waals surface area contributed by atoms with Crippen molar-refractivity contribution in [2.24, 2.45) is 0 Å². The molecular formula is C22H17Cl2FN4O2S. The highest BCUT2D eigenvalue weighted by atomic mass is 35.5. The highest BCUT2D eigenvalue weighted by Crippen LogP contribution is 2.32. The molecule has 0 radical (unpaired) electrons. The second-order valence-electron chi connectivity index (χ2n) is 6.88. The summed E-state index contributed by atoms with van der Waals surface area (Å²) in [7, 11) is 1.55. The molecule has 1 N–H and O–H groups in total. The number of carbonyl (C=O) groups is 1. The minimum Gasteiger partial charge on any atom is -0.495 e. The molecule has 6 nitrogen and oxygen atoms in total. The van der Waals surface area contributed by atoms with Gasteiger partial charge in [0.05, 0.1) is 35.6 Å². The van der Waals surface area contributed by atoms with Crippen LogP contribution in [0.4, 0.5) is 9.52 Å². The summed E-state index contributed by atoms with van der Waals surface area (Å²) >= 11 is 13.9. The second-order valence-corrected chi connectivity index (χ2v) is 8.50. The number of amides is 1. The van der Waals surface area contributed by atoms with Crippen molar-refractivity contribution in [2.45, 2.75) is 13.5 Å². The number of rotatable bonds is 6. The summed E-state index contributed by atoms with van der Waals surface area (Å²) in [6.07, 6.45) is 0. The van der Waals surface area contributed by atoms with E-state index in [-0.39, 0.29) is 16.5 Å². The zero-order chi connectivity index (χ0) is 22.8. The molecule has 164 valence electrons. The molecule has 0 aliphatic rings. The van der Waals surface area contributed by atoms with Crippen molar-refractivity contribution in [1.29, 1.82) is 0 Å². The summed E-state index contributed by atoms with van der Waals surface area (Å²) in [6, 6.07) is 11.4.